The summed E-state index contributed by atoms with van der Waals surface area (Å²) in [6.45, 7) is 0. The Hall–Kier alpha value is -2.23. The highest BCUT2D eigenvalue weighted by Crippen LogP contribution is 2.29. The average molecular weight is 216 g/mol. The van der Waals surface area contributed by atoms with Gasteiger partial charge in [0.15, 0.2) is 0 Å². The SMILES string of the molecule is Cn1ccc(-c2ccccc2N)c1C(=O)O. The minimum Gasteiger partial charge on any atom is -0.477 e. The highest BCUT2D eigenvalue weighted by molar-refractivity contribution is 5.96. The Kier molecular flexibility index (Phi) is 2.40. The Morgan fingerprint density at radius 1 is 1.25 bits per heavy atom. The van der Waals surface area contributed by atoms with Crippen molar-refractivity contribution in [3.05, 3.63) is 42.2 Å². The van der Waals surface area contributed by atoms with Crippen LogP contribution in [-0.2, 0) is 7.05 Å². The number of anilines is 1. The van der Waals surface area contributed by atoms with Gasteiger partial charge < -0.3 is 15.4 Å². The minimum absolute atomic E-state index is 0.248. The molecule has 0 saturated carbocycles. The predicted octanol–water partition coefficient (Wildman–Crippen LogP) is 1.97. The molecular weight excluding hydrogens is 204 g/mol. The number of hydrogen-bond acceptors (Lipinski definition) is 2. The molecule has 2 aromatic rings. The number of nitrogens with zero attached hydrogens (tertiary/aromatic N) is 1. The molecule has 0 spiro atoms. The van der Waals surface area contributed by atoms with Crippen molar-refractivity contribution in [2.45, 2.75) is 0 Å². The van der Waals surface area contributed by atoms with E-state index in [2.05, 4.69) is 0 Å². The molecule has 4 heteroatoms. The Balaban J connectivity index is 2.66. The zero-order chi connectivity index (χ0) is 11.7. The summed E-state index contributed by atoms with van der Waals surface area (Å²) in [6, 6.07) is 8.99. The standard InChI is InChI=1S/C12H12N2O2/c1-14-7-6-9(11(14)12(15)16)8-4-2-3-5-10(8)13/h2-7H,13H2,1H3,(H,15,16). The second-order valence-electron chi connectivity index (χ2n) is 3.58. The maximum Gasteiger partial charge on any atom is 0.353 e. The summed E-state index contributed by atoms with van der Waals surface area (Å²) in [6.07, 6.45) is 1.71. The molecule has 0 radical (unpaired) electrons. The van der Waals surface area contributed by atoms with E-state index in [4.69, 9.17) is 10.8 Å². The summed E-state index contributed by atoms with van der Waals surface area (Å²) in [5.74, 6) is -0.953. The number of carboxylic acid groups (broad SMARTS) is 1. The second-order valence-corrected chi connectivity index (χ2v) is 3.58. The van der Waals surface area contributed by atoms with E-state index in [1.54, 1.807) is 29.9 Å². The maximum atomic E-state index is 11.1. The zero-order valence-electron chi connectivity index (χ0n) is 8.84. The normalized spacial score (nSPS) is 10.3. The number of rotatable bonds is 2. The van der Waals surface area contributed by atoms with Crippen LogP contribution in [0, 0.1) is 0 Å². The molecule has 1 aromatic heterocycles. The number of benzene rings is 1. The van der Waals surface area contributed by atoms with Gasteiger partial charge in [0, 0.05) is 30.1 Å². The van der Waals surface area contributed by atoms with Gasteiger partial charge in [0.25, 0.3) is 0 Å². The summed E-state index contributed by atoms with van der Waals surface area (Å²) in [7, 11) is 1.70. The monoisotopic (exact) mass is 216 g/mol. The number of nitrogens with two attached hydrogens (primary N) is 1. The van der Waals surface area contributed by atoms with Crippen LogP contribution in [0.25, 0.3) is 11.1 Å². The van der Waals surface area contributed by atoms with Crippen molar-refractivity contribution in [1.29, 1.82) is 0 Å². The van der Waals surface area contributed by atoms with Gasteiger partial charge in [0.1, 0.15) is 5.69 Å². The first-order chi connectivity index (χ1) is 7.61. The lowest BCUT2D eigenvalue weighted by Crippen LogP contribution is -2.05. The zero-order valence-corrected chi connectivity index (χ0v) is 8.84. The van der Waals surface area contributed by atoms with E-state index in [1.165, 1.54) is 0 Å². The third kappa shape index (κ3) is 1.54. The number of aryl methyl sites for hydroxylation is 1. The number of nitrogen functional groups attached to an aromatic ring is 1. The van der Waals surface area contributed by atoms with Crippen molar-refractivity contribution in [3.63, 3.8) is 0 Å². The summed E-state index contributed by atoms with van der Waals surface area (Å²) in [4.78, 5) is 11.1. The average Bonchev–Trinajstić information content (AvgIpc) is 2.61. The molecule has 0 atom stereocenters. The molecule has 82 valence electrons. The van der Waals surface area contributed by atoms with Crippen LogP contribution in [0.1, 0.15) is 10.5 Å². The molecule has 1 aromatic carbocycles. The van der Waals surface area contributed by atoms with Crippen molar-refractivity contribution < 1.29 is 9.90 Å². The number of carboxylic acids is 1. The van der Waals surface area contributed by atoms with Crippen LogP contribution < -0.4 is 5.73 Å². The van der Waals surface area contributed by atoms with E-state index < -0.39 is 5.97 Å². The number of aromatic nitrogens is 1. The topological polar surface area (TPSA) is 68.2 Å². The third-order valence-corrected chi connectivity index (χ3v) is 2.53. The number of carbonyl (C=O) groups is 1. The van der Waals surface area contributed by atoms with Crippen molar-refractivity contribution in [2.24, 2.45) is 7.05 Å². The van der Waals surface area contributed by atoms with Crippen LogP contribution in [-0.4, -0.2) is 15.6 Å². The lowest BCUT2D eigenvalue weighted by Gasteiger charge is -2.05. The van der Waals surface area contributed by atoms with E-state index >= 15 is 0 Å². The van der Waals surface area contributed by atoms with Crippen molar-refractivity contribution in [1.82, 2.24) is 4.57 Å². The summed E-state index contributed by atoms with van der Waals surface area (Å²) in [5, 5.41) is 9.13. The third-order valence-electron chi connectivity index (χ3n) is 2.53. The van der Waals surface area contributed by atoms with Crippen LogP contribution >= 0.6 is 0 Å². The summed E-state index contributed by atoms with van der Waals surface area (Å²) >= 11 is 0. The molecule has 2 rings (SSSR count). The van der Waals surface area contributed by atoms with Crippen molar-refractivity contribution in [3.8, 4) is 11.1 Å². The van der Waals surface area contributed by atoms with Gasteiger partial charge in [-0.15, -0.1) is 0 Å². The van der Waals surface area contributed by atoms with E-state index in [1.807, 2.05) is 18.2 Å². The Bertz CT molecular complexity index is 544. The highest BCUT2D eigenvalue weighted by atomic mass is 16.4. The number of para-hydroxylation sites is 1. The molecule has 1 heterocycles. The van der Waals surface area contributed by atoms with E-state index in [-0.39, 0.29) is 5.69 Å². The molecule has 0 amide bonds. The largest absolute Gasteiger partial charge is 0.477 e. The molecule has 0 aliphatic rings. The lowest BCUT2D eigenvalue weighted by atomic mass is 10.0. The molecule has 0 aliphatic carbocycles. The first kappa shape index (κ1) is 10.3. The van der Waals surface area contributed by atoms with E-state index in [9.17, 15) is 4.79 Å². The van der Waals surface area contributed by atoms with Gasteiger partial charge in [-0.3, -0.25) is 0 Å². The highest BCUT2D eigenvalue weighted by Gasteiger charge is 2.16. The second kappa shape index (κ2) is 3.73. The predicted molar refractivity (Wildman–Crippen MR) is 62.2 cm³/mol. The van der Waals surface area contributed by atoms with Gasteiger partial charge in [0.2, 0.25) is 0 Å². The maximum absolute atomic E-state index is 11.1. The summed E-state index contributed by atoms with van der Waals surface area (Å²) in [5.41, 5.74) is 8.05. The number of aromatic carboxylic acids is 1. The number of hydrogen-bond donors (Lipinski definition) is 2. The van der Waals surface area contributed by atoms with Gasteiger partial charge in [-0.1, -0.05) is 18.2 Å². The van der Waals surface area contributed by atoms with E-state index in [0.717, 1.165) is 5.56 Å². The van der Waals surface area contributed by atoms with Gasteiger partial charge in [0.05, 0.1) is 0 Å². The smallest absolute Gasteiger partial charge is 0.353 e. The van der Waals surface area contributed by atoms with Crippen LogP contribution in [0.2, 0.25) is 0 Å². The Labute approximate surface area is 92.9 Å². The molecule has 4 nitrogen and oxygen atoms in total. The van der Waals surface area contributed by atoms with Crippen LogP contribution in [0.15, 0.2) is 36.5 Å². The van der Waals surface area contributed by atoms with Crippen molar-refractivity contribution >= 4 is 11.7 Å². The fraction of sp³-hybridized carbons (Fsp3) is 0.0833. The fourth-order valence-electron chi connectivity index (χ4n) is 1.76. The lowest BCUT2D eigenvalue weighted by molar-refractivity contribution is 0.0687. The first-order valence-corrected chi connectivity index (χ1v) is 4.84. The molecule has 0 fully saturated rings. The molecule has 16 heavy (non-hydrogen) atoms. The van der Waals surface area contributed by atoms with Crippen LogP contribution in [0.3, 0.4) is 0 Å². The van der Waals surface area contributed by atoms with E-state index in [0.29, 0.717) is 11.3 Å². The Morgan fingerprint density at radius 2 is 1.94 bits per heavy atom. The fourth-order valence-corrected chi connectivity index (χ4v) is 1.76. The molecule has 0 bridgehead atoms. The minimum atomic E-state index is -0.953. The molecule has 0 aliphatic heterocycles. The molecule has 0 unspecified atom stereocenters. The van der Waals surface area contributed by atoms with Crippen molar-refractivity contribution in [2.75, 3.05) is 5.73 Å². The van der Waals surface area contributed by atoms with Crippen LogP contribution in [0.5, 0.6) is 0 Å². The van der Waals surface area contributed by atoms with Crippen LogP contribution in [0.4, 0.5) is 5.69 Å². The van der Waals surface area contributed by atoms with Gasteiger partial charge >= 0.3 is 5.97 Å². The van der Waals surface area contributed by atoms with Gasteiger partial charge in [-0.05, 0) is 12.1 Å². The first-order valence-electron chi connectivity index (χ1n) is 4.84. The summed E-state index contributed by atoms with van der Waals surface area (Å²) < 4.78 is 1.57. The van der Waals surface area contributed by atoms with Gasteiger partial charge in [-0.25, -0.2) is 4.79 Å². The Morgan fingerprint density at radius 3 is 2.56 bits per heavy atom. The quantitative estimate of drug-likeness (QED) is 0.754. The van der Waals surface area contributed by atoms with Gasteiger partial charge in [-0.2, -0.15) is 0 Å². The molecular formula is C12H12N2O2. The molecule has 0 saturated heterocycles. The molecule has 3 N–H and O–H groups in total.